The summed E-state index contributed by atoms with van der Waals surface area (Å²) in [5.74, 6) is 3.52. The molecule has 15 heavy (non-hydrogen) atoms. The summed E-state index contributed by atoms with van der Waals surface area (Å²) in [6, 6.07) is 3.84. The third-order valence-electron chi connectivity index (χ3n) is 2.19. The first-order valence-electron chi connectivity index (χ1n) is 5.08. The van der Waals surface area contributed by atoms with E-state index in [1.54, 1.807) is 0 Å². The second kappa shape index (κ2) is 5.31. The summed E-state index contributed by atoms with van der Waals surface area (Å²) in [7, 11) is 0. The number of aryl methyl sites for hydroxylation is 2. The number of terminal acetylenes is 1. The highest BCUT2D eigenvalue weighted by atomic mass is 16.5. The Hall–Kier alpha value is -1.62. The van der Waals surface area contributed by atoms with Gasteiger partial charge in [-0.15, -0.1) is 12.3 Å². The summed E-state index contributed by atoms with van der Waals surface area (Å²) in [6.07, 6.45) is 6.81. The number of anilines is 1. The van der Waals surface area contributed by atoms with Crippen LogP contribution in [0.2, 0.25) is 0 Å². The van der Waals surface area contributed by atoms with Gasteiger partial charge in [0.05, 0.1) is 6.61 Å². The van der Waals surface area contributed by atoms with Crippen LogP contribution in [0.1, 0.15) is 24.0 Å². The Labute approximate surface area is 91.4 Å². The predicted molar refractivity (Wildman–Crippen MR) is 63.9 cm³/mol. The summed E-state index contributed by atoms with van der Waals surface area (Å²) < 4.78 is 5.67. The van der Waals surface area contributed by atoms with Crippen molar-refractivity contribution in [3.8, 4) is 18.1 Å². The molecule has 0 aromatic heterocycles. The third-order valence-corrected chi connectivity index (χ3v) is 2.19. The Morgan fingerprint density at radius 2 is 1.93 bits per heavy atom. The molecule has 1 rings (SSSR count). The van der Waals surface area contributed by atoms with Crippen molar-refractivity contribution in [2.75, 3.05) is 12.3 Å². The van der Waals surface area contributed by atoms with Crippen LogP contribution < -0.4 is 10.5 Å². The molecule has 0 saturated heterocycles. The quantitative estimate of drug-likeness (QED) is 0.464. The molecule has 0 atom stereocenters. The van der Waals surface area contributed by atoms with Gasteiger partial charge in [0.15, 0.2) is 0 Å². The molecule has 80 valence electrons. The molecule has 0 aliphatic carbocycles. The lowest BCUT2D eigenvalue weighted by molar-refractivity contribution is 0.309. The first-order valence-corrected chi connectivity index (χ1v) is 5.08. The van der Waals surface area contributed by atoms with Crippen molar-refractivity contribution < 1.29 is 4.74 Å². The molecular weight excluding hydrogens is 186 g/mol. The molecule has 0 fully saturated rings. The molecule has 2 nitrogen and oxygen atoms in total. The van der Waals surface area contributed by atoms with Crippen molar-refractivity contribution in [2.24, 2.45) is 0 Å². The van der Waals surface area contributed by atoms with Crippen LogP contribution >= 0.6 is 0 Å². The molecule has 1 aromatic carbocycles. The van der Waals surface area contributed by atoms with Gasteiger partial charge in [-0.25, -0.2) is 0 Å². The topological polar surface area (TPSA) is 35.2 Å². The normalized spacial score (nSPS) is 9.67. The predicted octanol–water partition coefficient (Wildman–Crippen LogP) is 2.68. The average Bonchev–Trinajstić information content (AvgIpc) is 2.15. The summed E-state index contributed by atoms with van der Waals surface area (Å²) in [4.78, 5) is 0. The maximum atomic E-state index is 5.72. The minimum Gasteiger partial charge on any atom is -0.493 e. The lowest BCUT2D eigenvalue weighted by atomic mass is 10.1. The molecule has 0 unspecified atom stereocenters. The number of nitrogens with two attached hydrogens (primary N) is 1. The molecule has 1 aromatic rings. The molecule has 0 amide bonds. The fourth-order valence-corrected chi connectivity index (χ4v) is 1.56. The second-order valence-corrected chi connectivity index (χ2v) is 3.64. The van der Waals surface area contributed by atoms with Crippen molar-refractivity contribution in [1.82, 2.24) is 0 Å². The number of rotatable bonds is 4. The minimum atomic E-state index is 0.662. The van der Waals surface area contributed by atoms with Crippen molar-refractivity contribution >= 4 is 5.69 Å². The Bertz CT molecular complexity index is 354. The maximum Gasteiger partial charge on any atom is 0.125 e. The first-order chi connectivity index (χ1) is 7.15. The number of ether oxygens (including phenoxy) is 1. The van der Waals surface area contributed by atoms with Gasteiger partial charge in [0.2, 0.25) is 0 Å². The zero-order valence-electron chi connectivity index (χ0n) is 9.34. The summed E-state index contributed by atoms with van der Waals surface area (Å²) in [6.45, 7) is 4.66. The molecule has 0 saturated carbocycles. The Kier molecular flexibility index (Phi) is 4.05. The van der Waals surface area contributed by atoms with Crippen LogP contribution in [0, 0.1) is 26.2 Å². The largest absolute Gasteiger partial charge is 0.493 e. The van der Waals surface area contributed by atoms with Crippen molar-refractivity contribution in [3.05, 3.63) is 23.3 Å². The van der Waals surface area contributed by atoms with Crippen LogP contribution in [-0.4, -0.2) is 6.61 Å². The van der Waals surface area contributed by atoms with Gasteiger partial charge in [-0.05, 0) is 43.5 Å². The lowest BCUT2D eigenvalue weighted by Crippen LogP contribution is -2.01. The van der Waals surface area contributed by atoms with E-state index < -0.39 is 0 Å². The zero-order chi connectivity index (χ0) is 11.3. The van der Waals surface area contributed by atoms with Gasteiger partial charge in [0.25, 0.3) is 0 Å². The van der Waals surface area contributed by atoms with E-state index >= 15 is 0 Å². The lowest BCUT2D eigenvalue weighted by Gasteiger charge is -2.12. The van der Waals surface area contributed by atoms with E-state index in [0.717, 1.165) is 35.4 Å². The first kappa shape index (κ1) is 11.5. The van der Waals surface area contributed by atoms with Gasteiger partial charge < -0.3 is 10.5 Å². The van der Waals surface area contributed by atoms with Crippen LogP contribution in [-0.2, 0) is 0 Å². The van der Waals surface area contributed by atoms with Gasteiger partial charge in [-0.2, -0.15) is 0 Å². The van der Waals surface area contributed by atoms with Crippen LogP contribution in [0.15, 0.2) is 12.1 Å². The average molecular weight is 203 g/mol. The third kappa shape index (κ3) is 3.21. The van der Waals surface area contributed by atoms with E-state index in [0.29, 0.717) is 6.61 Å². The van der Waals surface area contributed by atoms with Gasteiger partial charge in [0.1, 0.15) is 5.75 Å². The van der Waals surface area contributed by atoms with Crippen LogP contribution in [0.25, 0.3) is 0 Å². The molecular formula is C13H17NO. The Balaban J connectivity index is 2.65. The monoisotopic (exact) mass is 203 g/mol. The fraction of sp³-hybridized carbons (Fsp3) is 0.385. The van der Waals surface area contributed by atoms with Crippen LogP contribution in [0.5, 0.6) is 5.75 Å². The highest BCUT2D eigenvalue weighted by Gasteiger charge is 2.04. The Morgan fingerprint density at radius 3 is 2.47 bits per heavy atom. The van der Waals surface area contributed by atoms with Gasteiger partial charge in [0, 0.05) is 12.1 Å². The number of unbranched alkanes of at least 4 members (excludes halogenated alkanes) is 1. The number of benzene rings is 1. The van der Waals surface area contributed by atoms with Gasteiger partial charge >= 0.3 is 0 Å². The fourth-order valence-electron chi connectivity index (χ4n) is 1.56. The van der Waals surface area contributed by atoms with Crippen LogP contribution in [0.3, 0.4) is 0 Å². The van der Waals surface area contributed by atoms with E-state index in [9.17, 15) is 0 Å². The molecule has 0 aliphatic rings. The van der Waals surface area contributed by atoms with E-state index in [4.69, 9.17) is 16.9 Å². The smallest absolute Gasteiger partial charge is 0.125 e. The van der Waals surface area contributed by atoms with E-state index in [2.05, 4.69) is 5.92 Å². The van der Waals surface area contributed by atoms with Crippen LogP contribution in [0.4, 0.5) is 5.69 Å². The summed E-state index contributed by atoms with van der Waals surface area (Å²) in [5.41, 5.74) is 8.66. The summed E-state index contributed by atoms with van der Waals surface area (Å²) in [5, 5.41) is 0. The van der Waals surface area contributed by atoms with E-state index in [1.165, 1.54) is 0 Å². The standard InChI is InChI=1S/C13H17NO/c1-4-5-6-7-15-13-10(2)8-12(14)9-11(13)3/h1,8-9H,5-7,14H2,2-3H3. The minimum absolute atomic E-state index is 0.662. The van der Waals surface area contributed by atoms with Crippen molar-refractivity contribution in [3.63, 3.8) is 0 Å². The highest BCUT2D eigenvalue weighted by Crippen LogP contribution is 2.25. The number of hydrogen-bond donors (Lipinski definition) is 1. The molecule has 0 bridgehead atoms. The number of hydrogen-bond acceptors (Lipinski definition) is 2. The van der Waals surface area contributed by atoms with Gasteiger partial charge in [-0.3, -0.25) is 0 Å². The molecule has 0 spiro atoms. The van der Waals surface area contributed by atoms with Crippen molar-refractivity contribution in [1.29, 1.82) is 0 Å². The van der Waals surface area contributed by atoms with E-state index in [-0.39, 0.29) is 0 Å². The second-order valence-electron chi connectivity index (χ2n) is 3.64. The molecule has 2 heteroatoms. The highest BCUT2D eigenvalue weighted by molar-refractivity contribution is 5.52. The molecule has 0 aliphatic heterocycles. The molecule has 0 radical (unpaired) electrons. The zero-order valence-corrected chi connectivity index (χ0v) is 9.34. The molecule has 2 N–H and O–H groups in total. The Morgan fingerprint density at radius 1 is 1.33 bits per heavy atom. The van der Waals surface area contributed by atoms with Gasteiger partial charge in [-0.1, -0.05) is 0 Å². The van der Waals surface area contributed by atoms with E-state index in [1.807, 2.05) is 26.0 Å². The summed E-state index contributed by atoms with van der Waals surface area (Å²) >= 11 is 0. The maximum absolute atomic E-state index is 5.72. The van der Waals surface area contributed by atoms with Crippen molar-refractivity contribution in [2.45, 2.75) is 26.7 Å². The number of nitrogen functional groups attached to an aromatic ring is 1. The molecule has 0 heterocycles. The SMILES string of the molecule is C#CCCCOc1c(C)cc(N)cc1C.